The quantitative estimate of drug-likeness (QED) is 0.792. The number of halogens is 1. The standard InChI is InChI=1S/C18H17FN6/c19-13-4-1-3-12(9-13)14-10-23-18(20)24-17(14)15-5-2-8-25(15)16-11-21-6-7-22-16/h1,3-4,6-7,9-11,15H,2,5,8H2,(H2,20,23,24). The van der Waals surface area contributed by atoms with E-state index in [0.717, 1.165) is 42.0 Å². The van der Waals surface area contributed by atoms with E-state index < -0.39 is 0 Å². The van der Waals surface area contributed by atoms with Gasteiger partial charge in [-0.2, -0.15) is 0 Å². The van der Waals surface area contributed by atoms with Crippen LogP contribution in [0.25, 0.3) is 11.1 Å². The number of nitrogen functional groups attached to an aromatic ring is 1. The molecule has 1 aliphatic heterocycles. The van der Waals surface area contributed by atoms with Gasteiger partial charge in [0.05, 0.1) is 17.9 Å². The van der Waals surface area contributed by atoms with Crippen LogP contribution in [-0.2, 0) is 0 Å². The molecule has 1 unspecified atom stereocenters. The predicted octanol–water partition coefficient (Wildman–Crippen LogP) is 3.00. The van der Waals surface area contributed by atoms with E-state index >= 15 is 0 Å². The lowest BCUT2D eigenvalue weighted by molar-refractivity contribution is 0.628. The van der Waals surface area contributed by atoms with Gasteiger partial charge in [-0.3, -0.25) is 4.98 Å². The van der Waals surface area contributed by atoms with Gasteiger partial charge in [0, 0.05) is 30.7 Å². The molecule has 1 aliphatic rings. The summed E-state index contributed by atoms with van der Waals surface area (Å²) in [4.78, 5) is 19.3. The highest BCUT2D eigenvalue weighted by Crippen LogP contribution is 2.38. The van der Waals surface area contributed by atoms with Crippen LogP contribution in [0, 0.1) is 5.82 Å². The molecule has 6 nitrogen and oxygen atoms in total. The van der Waals surface area contributed by atoms with Crippen LogP contribution in [0.3, 0.4) is 0 Å². The number of nitrogens with zero attached hydrogens (tertiary/aromatic N) is 5. The fraction of sp³-hybridized carbons (Fsp3) is 0.222. The molecule has 3 aromatic rings. The third kappa shape index (κ3) is 3.00. The summed E-state index contributed by atoms with van der Waals surface area (Å²) >= 11 is 0. The number of hydrogen-bond donors (Lipinski definition) is 1. The van der Waals surface area contributed by atoms with Crippen molar-refractivity contribution < 1.29 is 4.39 Å². The zero-order valence-corrected chi connectivity index (χ0v) is 13.5. The summed E-state index contributed by atoms with van der Waals surface area (Å²) in [6, 6.07) is 6.44. The number of benzene rings is 1. The van der Waals surface area contributed by atoms with Crippen molar-refractivity contribution >= 4 is 11.8 Å². The summed E-state index contributed by atoms with van der Waals surface area (Å²) in [7, 11) is 0. The minimum atomic E-state index is -0.294. The maximum absolute atomic E-state index is 13.7. The molecule has 0 radical (unpaired) electrons. The van der Waals surface area contributed by atoms with Gasteiger partial charge in [-0.05, 0) is 30.5 Å². The van der Waals surface area contributed by atoms with Gasteiger partial charge in [-0.1, -0.05) is 12.1 Å². The zero-order chi connectivity index (χ0) is 17.2. The van der Waals surface area contributed by atoms with Crippen LogP contribution in [0.5, 0.6) is 0 Å². The summed E-state index contributed by atoms with van der Waals surface area (Å²) in [5.41, 5.74) is 8.16. The maximum atomic E-state index is 13.7. The van der Waals surface area contributed by atoms with Gasteiger partial charge in [0.25, 0.3) is 0 Å². The van der Waals surface area contributed by atoms with E-state index in [9.17, 15) is 4.39 Å². The molecular weight excluding hydrogens is 319 g/mol. The van der Waals surface area contributed by atoms with E-state index in [0.29, 0.717) is 0 Å². The zero-order valence-electron chi connectivity index (χ0n) is 13.5. The highest BCUT2D eigenvalue weighted by Gasteiger charge is 2.31. The second-order valence-electron chi connectivity index (χ2n) is 5.95. The van der Waals surface area contributed by atoms with Crippen LogP contribution in [0.4, 0.5) is 16.2 Å². The Kier molecular flexibility index (Phi) is 3.97. The first-order valence-corrected chi connectivity index (χ1v) is 8.13. The summed E-state index contributed by atoms with van der Waals surface area (Å²) in [5.74, 6) is 0.714. The van der Waals surface area contributed by atoms with Gasteiger partial charge < -0.3 is 10.6 Å². The average Bonchev–Trinajstić information content (AvgIpc) is 3.12. The molecule has 4 rings (SSSR count). The molecule has 0 aliphatic carbocycles. The highest BCUT2D eigenvalue weighted by molar-refractivity contribution is 5.67. The Bertz CT molecular complexity index is 886. The van der Waals surface area contributed by atoms with Gasteiger partial charge in [0.15, 0.2) is 0 Å². The van der Waals surface area contributed by atoms with Crippen molar-refractivity contribution in [1.29, 1.82) is 0 Å². The Morgan fingerprint density at radius 1 is 1.16 bits per heavy atom. The highest BCUT2D eigenvalue weighted by atomic mass is 19.1. The molecule has 0 saturated carbocycles. The maximum Gasteiger partial charge on any atom is 0.220 e. The fourth-order valence-electron chi connectivity index (χ4n) is 3.31. The third-order valence-electron chi connectivity index (χ3n) is 4.38. The van der Waals surface area contributed by atoms with E-state index in [4.69, 9.17) is 5.73 Å². The minimum Gasteiger partial charge on any atom is -0.368 e. The molecule has 0 amide bonds. The summed E-state index contributed by atoms with van der Waals surface area (Å²) in [6.07, 6.45) is 8.65. The van der Waals surface area contributed by atoms with Crippen LogP contribution in [-0.4, -0.2) is 26.5 Å². The van der Waals surface area contributed by atoms with Crippen LogP contribution in [0.15, 0.2) is 49.1 Å². The molecule has 0 spiro atoms. The Morgan fingerprint density at radius 3 is 2.88 bits per heavy atom. The average molecular weight is 336 g/mol. The second kappa shape index (κ2) is 6.43. The van der Waals surface area contributed by atoms with Crippen LogP contribution >= 0.6 is 0 Å². The lowest BCUT2D eigenvalue weighted by atomic mass is 10.00. The first kappa shape index (κ1) is 15.4. The Hall–Kier alpha value is -3.09. The van der Waals surface area contributed by atoms with Crippen LogP contribution < -0.4 is 10.6 Å². The topological polar surface area (TPSA) is 80.8 Å². The summed E-state index contributed by atoms with van der Waals surface area (Å²) in [5, 5.41) is 0. The summed E-state index contributed by atoms with van der Waals surface area (Å²) < 4.78 is 13.7. The molecule has 1 fully saturated rings. The van der Waals surface area contributed by atoms with Gasteiger partial charge in [0.1, 0.15) is 11.6 Å². The SMILES string of the molecule is Nc1ncc(-c2cccc(F)c2)c(C2CCCN2c2cnccn2)n1. The third-order valence-corrected chi connectivity index (χ3v) is 4.38. The number of nitrogens with two attached hydrogens (primary N) is 1. The van der Waals surface area contributed by atoms with Crippen molar-refractivity contribution in [2.75, 3.05) is 17.2 Å². The Labute approximate surface area is 144 Å². The van der Waals surface area contributed by atoms with Gasteiger partial charge in [-0.25, -0.2) is 19.3 Å². The molecule has 7 heteroatoms. The van der Waals surface area contributed by atoms with Crippen molar-refractivity contribution in [1.82, 2.24) is 19.9 Å². The van der Waals surface area contributed by atoms with E-state index in [1.807, 2.05) is 6.07 Å². The molecular formula is C18H17FN6. The first-order chi connectivity index (χ1) is 12.2. The number of anilines is 2. The fourth-order valence-corrected chi connectivity index (χ4v) is 3.31. The summed E-state index contributed by atoms with van der Waals surface area (Å²) in [6.45, 7) is 0.857. The normalized spacial score (nSPS) is 17.0. The smallest absolute Gasteiger partial charge is 0.220 e. The van der Waals surface area contributed by atoms with Crippen LogP contribution in [0.1, 0.15) is 24.6 Å². The molecule has 3 heterocycles. The monoisotopic (exact) mass is 336 g/mol. The van der Waals surface area contributed by atoms with E-state index in [1.165, 1.54) is 12.1 Å². The lowest BCUT2D eigenvalue weighted by Crippen LogP contribution is -2.25. The molecule has 126 valence electrons. The van der Waals surface area contributed by atoms with Gasteiger partial charge >= 0.3 is 0 Å². The van der Waals surface area contributed by atoms with Gasteiger partial charge in [-0.15, -0.1) is 0 Å². The van der Waals surface area contributed by atoms with Crippen molar-refractivity contribution in [2.45, 2.75) is 18.9 Å². The molecule has 1 aromatic carbocycles. The number of rotatable bonds is 3. The van der Waals surface area contributed by atoms with Crippen LogP contribution in [0.2, 0.25) is 0 Å². The Morgan fingerprint density at radius 2 is 2.08 bits per heavy atom. The lowest BCUT2D eigenvalue weighted by Gasteiger charge is -2.26. The molecule has 1 atom stereocenters. The van der Waals surface area contributed by atoms with E-state index in [-0.39, 0.29) is 17.8 Å². The number of aromatic nitrogens is 4. The largest absolute Gasteiger partial charge is 0.368 e. The van der Waals surface area contributed by atoms with Gasteiger partial charge in [0.2, 0.25) is 5.95 Å². The van der Waals surface area contributed by atoms with E-state index in [1.54, 1.807) is 30.9 Å². The first-order valence-electron chi connectivity index (χ1n) is 8.13. The molecule has 1 saturated heterocycles. The second-order valence-corrected chi connectivity index (χ2v) is 5.95. The minimum absolute atomic E-state index is 0.000248. The predicted molar refractivity (Wildman–Crippen MR) is 93.2 cm³/mol. The Balaban J connectivity index is 1.80. The van der Waals surface area contributed by atoms with Crippen molar-refractivity contribution in [3.8, 4) is 11.1 Å². The number of hydrogen-bond acceptors (Lipinski definition) is 6. The molecule has 0 bridgehead atoms. The molecule has 2 N–H and O–H groups in total. The van der Waals surface area contributed by atoms with Crippen molar-refractivity contribution in [3.63, 3.8) is 0 Å². The van der Waals surface area contributed by atoms with E-state index in [2.05, 4.69) is 24.8 Å². The molecule has 2 aromatic heterocycles. The van der Waals surface area contributed by atoms with Crippen molar-refractivity contribution in [2.24, 2.45) is 0 Å². The van der Waals surface area contributed by atoms with Crippen molar-refractivity contribution in [3.05, 3.63) is 60.6 Å². The molecule has 25 heavy (non-hydrogen) atoms.